The molecule has 6 nitrogen and oxygen atoms in total. The number of hydrogen-bond acceptors (Lipinski definition) is 6. The van der Waals surface area contributed by atoms with Gasteiger partial charge in [0.15, 0.2) is 5.13 Å². The SMILES string of the molecule is COc1ccc2sc(N(CCCN3CCOCC3)C(=O)c3cc(C)ccc3C)nc2c1. The van der Waals surface area contributed by atoms with Gasteiger partial charge in [0.1, 0.15) is 5.75 Å². The molecule has 1 fully saturated rings. The quantitative estimate of drug-likeness (QED) is 0.550. The zero-order valence-electron chi connectivity index (χ0n) is 18.4. The van der Waals surface area contributed by atoms with E-state index in [0.29, 0.717) is 6.54 Å². The van der Waals surface area contributed by atoms with Crippen LogP contribution in [0.25, 0.3) is 10.2 Å². The topological polar surface area (TPSA) is 54.9 Å². The van der Waals surface area contributed by atoms with Gasteiger partial charge in [0.2, 0.25) is 0 Å². The van der Waals surface area contributed by atoms with Crippen LogP contribution in [0, 0.1) is 13.8 Å². The highest BCUT2D eigenvalue weighted by atomic mass is 32.1. The zero-order chi connectivity index (χ0) is 21.8. The molecule has 1 amide bonds. The minimum absolute atomic E-state index is 0.00852. The molecule has 1 saturated heterocycles. The minimum atomic E-state index is 0.00852. The number of methoxy groups -OCH3 is 1. The molecular formula is C24H29N3O3S. The van der Waals surface area contributed by atoms with Crippen molar-refractivity contribution < 1.29 is 14.3 Å². The molecule has 0 spiro atoms. The Labute approximate surface area is 187 Å². The largest absolute Gasteiger partial charge is 0.497 e. The second-order valence-electron chi connectivity index (χ2n) is 7.91. The molecule has 0 atom stereocenters. The van der Waals surface area contributed by atoms with E-state index in [1.807, 2.05) is 55.1 Å². The Morgan fingerprint density at radius 1 is 1.19 bits per heavy atom. The minimum Gasteiger partial charge on any atom is -0.497 e. The molecule has 0 N–H and O–H groups in total. The van der Waals surface area contributed by atoms with E-state index in [0.717, 1.165) is 77.1 Å². The van der Waals surface area contributed by atoms with Gasteiger partial charge in [-0.05, 0) is 44.0 Å². The number of anilines is 1. The number of carbonyl (C=O) groups is 1. The highest BCUT2D eigenvalue weighted by molar-refractivity contribution is 7.22. The van der Waals surface area contributed by atoms with Crippen molar-refractivity contribution >= 4 is 32.6 Å². The summed E-state index contributed by atoms with van der Waals surface area (Å²) in [5, 5.41) is 0.733. The lowest BCUT2D eigenvalue weighted by atomic mass is 10.0. The van der Waals surface area contributed by atoms with Crippen molar-refractivity contribution in [2.45, 2.75) is 20.3 Å². The molecule has 3 aromatic rings. The lowest BCUT2D eigenvalue weighted by Crippen LogP contribution is -2.39. The van der Waals surface area contributed by atoms with E-state index in [1.54, 1.807) is 18.4 Å². The summed E-state index contributed by atoms with van der Waals surface area (Å²) in [5.74, 6) is 0.776. The van der Waals surface area contributed by atoms with E-state index in [1.165, 1.54) is 0 Å². The predicted molar refractivity (Wildman–Crippen MR) is 126 cm³/mol. The van der Waals surface area contributed by atoms with Crippen LogP contribution < -0.4 is 9.64 Å². The monoisotopic (exact) mass is 439 g/mol. The third-order valence-corrected chi connectivity index (χ3v) is 6.70. The number of fused-ring (bicyclic) bond motifs is 1. The van der Waals surface area contributed by atoms with Gasteiger partial charge in [-0.3, -0.25) is 14.6 Å². The summed E-state index contributed by atoms with van der Waals surface area (Å²) < 4.78 is 11.8. The van der Waals surface area contributed by atoms with E-state index in [2.05, 4.69) is 4.90 Å². The normalized spacial score (nSPS) is 14.7. The number of carbonyl (C=O) groups excluding carboxylic acids is 1. The Balaban J connectivity index is 1.61. The first-order valence-electron chi connectivity index (χ1n) is 10.7. The Morgan fingerprint density at radius 2 is 2.00 bits per heavy atom. The molecule has 164 valence electrons. The second-order valence-corrected chi connectivity index (χ2v) is 8.92. The number of morpholine rings is 1. The number of thiazole rings is 1. The van der Waals surface area contributed by atoms with Crippen molar-refractivity contribution in [3.05, 3.63) is 53.1 Å². The van der Waals surface area contributed by atoms with Crippen molar-refractivity contribution in [3.63, 3.8) is 0 Å². The number of benzene rings is 2. The second kappa shape index (κ2) is 9.77. The van der Waals surface area contributed by atoms with Gasteiger partial charge in [0.25, 0.3) is 5.91 Å². The number of amides is 1. The molecule has 1 aliphatic heterocycles. The average molecular weight is 440 g/mol. The first kappa shape index (κ1) is 21.7. The van der Waals surface area contributed by atoms with Crippen LogP contribution in [-0.4, -0.2) is 62.3 Å². The average Bonchev–Trinajstić information content (AvgIpc) is 3.21. The smallest absolute Gasteiger partial charge is 0.260 e. The van der Waals surface area contributed by atoms with E-state index in [-0.39, 0.29) is 5.91 Å². The van der Waals surface area contributed by atoms with E-state index in [4.69, 9.17) is 14.5 Å². The summed E-state index contributed by atoms with van der Waals surface area (Å²) in [7, 11) is 1.65. The van der Waals surface area contributed by atoms with Crippen LogP contribution in [-0.2, 0) is 4.74 Å². The molecule has 2 aromatic carbocycles. The molecule has 0 saturated carbocycles. The first-order valence-corrected chi connectivity index (χ1v) is 11.5. The molecule has 4 rings (SSSR count). The highest BCUT2D eigenvalue weighted by Gasteiger charge is 2.23. The summed E-state index contributed by atoms with van der Waals surface area (Å²) in [5.41, 5.74) is 3.65. The molecule has 0 unspecified atom stereocenters. The van der Waals surface area contributed by atoms with Crippen LogP contribution in [0.3, 0.4) is 0 Å². The molecule has 1 aliphatic rings. The fourth-order valence-corrected chi connectivity index (χ4v) is 4.78. The fraction of sp³-hybridized carbons (Fsp3) is 0.417. The van der Waals surface area contributed by atoms with Crippen LogP contribution >= 0.6 is 11.3 Å². The number of ether oxygens (including phenoxy) is 2. The number of hydrogen-bond donors (Lipinski definition) is 0. The van der Waals surface area contributed by atoms with E-state index >= 15 is 0 Å². The van der Waals surface area contributed by atoms with Gasteiger partial charge in [-0.15, -0.1) is 0 Å². The molecule has 1 aromatic heterocycles. The number of nitrogens with zero attached hydrogens (tertiary/aromatic N) is 3. The Bertz CT molecular complexity index is 1060. The van der Waals surface area contributed by atoms with E-state index in [9.17, 15) is 4.79 Å². The van der Waals surface area contributed by atoms with Crippen molar-refractivity contribution in [2.24, 2.45) is 0 Å². The Hall–Kier alpha value is -2.48. The summed E-state index contributed by atoms with van der Waals surface area (Å²) in [4.78, 5) is 22.7. The van der Waals surface area contributed by atoms with Crippen LogP contribution in [0.5, 0.6) is 5.75 Å². The standard InChI is InChI=1S/C24H29N3O3S/c1-17-5-6-18(2)20(15-17)23(28)27(10-4-9-26-11-13-30-14-12-26)24-25-21-16-19(29-3)7-8-22(21)31-24/h5-8,15-16H,4,9-14H2,1-3H3. The maximum absolute atomic E-state index is 13.6. The molecule has 0 aliphatic carbocycles. The summed E-state index contributed by atoms with van der Waals surface area (Å²) >= 11 is 1.55. The molecule has 0 radical (unpaired) electrons. The molecule has 31 heavy (non-hydrogen) atoms. The van der Waals surface area contributed by atoms with Gasteiger partial charge < -0.3 is 9.47 Å². The fourth-order valence-electron chi connectivity index (χ4n) is 3.81. The van der Waals surface area contributed by atoms with Gasteiger partial charge in [-0.25, -0.2) is 4.98 Å². The van der Waals surface area contributed by atoms with Gasteiger partial charge in [0, 0.05) is 37.8 Å². The highest BCUT2D eigenvalue weighted by Crippen LogP contribution is 2.32. The summed E-state index contributed by atoms with van der Waals surface area (Å²) in [6.45, 7) is 9.04. The third-order valence-electron chi connectivity index (χ3n) is 5.64. The van der Waals surface area contributed by atoms with Crippen LogP contribution in [0.4, 0.5) is 5.13 Å². The molecule has 2 heterocycles. The van der Waals surface area contributed by atoms with Crippen LogP contribution in [0.1, 0.15) is 27.9 Å². The molecule has 0 bridgehead atoms. The lowest BCUT2D eigenvalue weighted by Gasteiger charge is -2.28. The molecule has 7 heteroatoms. The predicted octanol–water partition coefficient (Wildman–Crippen LogP) is 4.29. The van der Waals surface area contributed by atoms with Gasteiger partial charge >= 0.3 is 0 Å². The van der Waals surface area contributed by atoms with Crippen LogP contribution in [0.2, 0.25) is 0 Å². The summed E-state index contributed by atoms with van der Waals surface area (Å²) in [6, 6.07) is 11.9. The van der Waals surface area contributed by atoms with Crippen molar-refractivity contribution in [1.82, 2.24) is 9.88 Å². The van der Waals surface area contributed by atoms with Gasteiger partial charge in [0.05, 0.1) is 30.5 Å². The Kier molecular flexibility index (Phi) is 6.85. The third kappa shape index (κ3) is 5.06. The number of aromatic nitrogens is 1. The maximum Gasteiger partial charge on any atom is 0.260 e. The van der Waals surface area contributed by atoms with Gasteiger partial charge in [-0.1, -0.05) is 29.0 Å². The lowest BCUT2D eigenvalue weighted by molar-refractivity contribution is 0.0376. The van der Waals surface area contributed by atoms with Crippen molar-refractivity contribution in [3.8, 4) is 5.75 Å². The van der Waals surface area contributed by atoms with Gasteiger partial charge in [-0.2, -0.15) is 0 Å². The zero-order valence-corrected chi connectivity index (χ0v) is 19.2. The Morgan fingerprint density at radius 3 is 2.77 bits per heavy atom. The number of aryl methyl sites for hydroxylation is 2. The maximum atomic E-state index is 13.6. The van der Waals surface area contributed by atoms with Crippen LogP contribution in [0.15, 0.2) is 36.4 Å². The molecular weight excluding hydrogens is 410 g/mol. The van der Waals surface area contributed by atoms with Crippen molar-refractivity contribution in [1.29, 1.82) is 0 Å². The summed E-state index contributed by atoms with van der Waals surface area (Å²) in [6.07, 6.45) is 0.885. The first-order chi connectivity index (χ1) is 15.0. The van der Waals surface area contributed by atoms with Crippen molar-refractivity contribution in [2.75, 3.05) is 51.4 Å². The van der Waals surface area contributed by atoms with E-state index < -0.39 is 0 Å². The number of rotatable bonds is 7.